The second kappa shape index (κ2) is 8.85. The lowest BCUT2D eigenvalue weighted by Crippen LogP contribution is -2.27. The zero-order chi connectivity index (χ0) is 20.0. The molecule has 0 radical (unpaired) electrons. The first-order valence-corrected chi connectivity index (χ1v) is 8.14. The van der Waals surface area contributed by atoms with Gasteiger partial charge in [0.1, 0.15) is 11.6 Å². The highest BCUT2D eigenvalue weighted by Gasteiger charge is 2.32. The van der Waals surface area contributed by atoms with Gasteiger partial charge in [-0.15, -0.1) is 13.2 Å². The van der Waals surface area contributed by atoms with Crippen molar-refractivity contribution in [1.82, 2.24) is 0 Å². The van der Waals surface area contributed by atoms with Gasteiger partial charge in [-0.3, -0.25) is 4.79 Å². The first-order chi connectivity index (χ1) is 12.7. The molecule has 0 amide bonds. The number of aliphatic hydroxyl groups excluding tert-OH is 1. The monoisotopic (exact) mass is 386 g/mol. The molecule has 0 saturated heterocycles. The van der Waals surface area contributed by atoms with Crippen LogP contribution in [0.4, 0.5) is 17.6 Å². The average molecular weight is 386 g/mol. The molecular formula is C19H18F4O4. The van der Waals surface area contributed by atoms with Crippen LogP contribution < -0.4 is 4.74 Å². The standard InChI is InChI=1S/C19H18F4O4/c1-2-26-18(25)16(17(24)13-6-8-14(20)9-7-13)11-12-4-3-5-15(10-12)27-19(21,22)23/h3-10,16-17,24H,2,11H2,1H3. The van der Waals surface area contributed by atoms with Gasteiger partial charge in [0.15, 0.2) is 0 Å². The molecule has 27 heavy (non-hydrogen) atoms. The average Bonchev–Trinajstić information content (AvgIpc) is 2.59. The molecule has 1 N–H and O–H groups in total. The molecule has 0 saturated carbocycles. The lowest BCUT2D eigenvalue weighted by Gasteiger charge is -2.22. The third kappa shape index (κ3) is 6.25. The molecule has 0 aliphatic carbocycles. The summed E-state index contributed by atoms with van der Waals surface area (Å²) < 4.78 is 59.1. The Bertz CT molecular complexity index is 759. The minimum absolute atomic E-state index is 0.0721. The summed E-state index contributed by atoms with van der Waals surface area (Å²) in [5.74, 6) is -2.73. The Morgan fingerprint density at radius 2 is 1.81 bits per heavy atom. The number of rotatable bonds is 7. The fourth-order valence-corrected chi connectivity index (χ4v) is 2.59. The molecule has 2 rings (SSSR count). The third-order valence-electron chi connectivity index (χ3n) is 3.77. The zero-order valence-electron chi connectivity index (χ0n) is 14.4. The quantitative estimate of drug-likeness (QED) is 0.573. The predicted octanol–water partition coefficient (Wildman–Crippen LogP) is 4.18. The van der Waals surface area contributed by atoms with Gasteiger partial charge in [-0.1, -0.05) is 24.3 Å². The molecule has 0 spiro atoms. The predicted molar refractivity (Wildman–Crippen MR) is 88.3 cm³/mol. The number of aliphatic hydroxyl groups is 1. The van der Waals surface area contributed by atoms with Crippen LogP contribution in [0.5, 0.6) is 5.75 Å². The molecule has 0 aliphatic rings. The lowest BCUT2D eigenvalue weighted by atomic mass is 9.89. The van der Waals surface area contributed by atoms with Gasteiger partial charge in [0.25, 0.3) is 0 Å². The Morgan fingerprint density at radius 1 is 1.15 bits per heavy atom. The van der Waals surface area contributed by atoms with Gasteiger partial charge in [0, 0.05) is 0 Å². The SMILES string of the molecule is CCOC(=O)C(Cc1cccc(OC(F)(F)F)c1)C(O)c1ccc(F)cc1. The fraction of sp³-hybridized carbons (Fsp3) is 0.316. The van der Waals surface area contributed by atoms with E-state index in [4.69, 9.17) is 4.74 Å². The highest BCUT2D eigenvalue weighted by Crippen LogP contribution is 2.29. The van der Waals surface area contributed by atoms with E-state index in [-0.39, 0.29) is 18.6 Å². The van der Waals surface area contributed by atoms with Gasteiger partial charge in [-0.05, 0) is 48.7 Å². The van der Waals surface area contributed by atoms with Gasteiger partial charge in [0.2, 0.25) is 0 Å². The first-order valence-electron chi connectivity index (χ1n) is 8.14. The van der Waals surface area contributed by atoms with Crippen LogP contribution in [0.25, 0.3) is 0 Å². The van der Waals surface area contributed by atoms with Crippen LogP contribution in [0.3, 0.4) is 0 Å². The summed E-state index contributed by atoms with van der Waals surface area (Å²) in [7, 11) is 0. The van der Waals surface area contributed by atoms with Crippen molar-refractivity contribution >= 4 is 5.97 Å². The number of ether oxygens (including phenoxy) is 2. The van der Waals surface area contributed by atoms with E-state index in [1.54, 1.807) is 6.92 Å². The summed E-state index contributed by atoms with van der Waals surface area (Å²) in [6.45, 7) is 1.67. The van der Waals surface area contributed by atoms with Crippen molar-refractivity contribution in [1.29, 1.82) is 0 Å². The minimum Gasteiger partial charge on any atom is -0.466 e. The summed E-state index contributed by atoms with van der Waals surface area (Å²) in [5, 5.41) is 10.6. The smallest absolute Gasteiger partial charge is 0.466 e. The lowest BCUT2D eigenvalue weighted by molar-refractivity contribution is -0.274. The summed E-state index contributed by atoms with van der Waals surface area (Å²) >= 11 is 0. The van der Waals surface area contributed by atoms with E-state index in [9.17, 15) is 27.5 Å². The molecule has 2 aromatic carbocycles. The summed E-state index contributed by atoms with van der Waals surface area (Å²) in [4.78, 5) is 12.3. The number of hydrogen-bond acceptors (Lipinski definition) is 4. The maximum absolute atomic E-state index is 13.1. The minimum atomic E-state index is -4.84. The molecule has 0 bridgehead atoms. The first kappa shape index (κ1) is 20.7. The molecule has 0 fully saturated rings. The van der Waals surface area contributed by atoms with Crippen molar-refractivity contribution in [3.8, 4) is 5.75 Å². The number of alkyl halides is 3. The molecule has 8 heteroatoms. The normalized spacial score (nSPS) is 13.7. The maximum atomic E-state index is 13.1. The van der Waals surface area contributed by atoms with Gasteiger partial charge in [-0.25, -0.2) is 4.39 Å². The number of carbonyl (C=O) groups excluding carboxylic acids is 1. The van der Waals surface area contributed by atoms with E-state index in [0.717, 1.165) is 24.3 Å². The van der Waals surface area contributed by atoms with Crippen LogP contribution in [0.1, 0.15) is 24.2 Å². The second-order valence-corrected chi connectivity index (χ2v) is 5.75. The molecule has 2 atom stereocenters. The Hall–Kier alpha value is -2.61. The number of benzene rings is 2. The fourth-order valence-electron chi connectivity index (χ4n) is 2.59. The maximum Gasteiger partial charge on any atom is 0.573 e. The Morgan fingerprint density at radius 3 is 2.41 bits per heavy atom. The van der Waals surface area contributed by atoms with Gasteiger partial charge < -0.3 is 14.6 Å². The van der Waals surface area contributed by atoms with Crippen LogP contribution in [0, 0.1) is 11.7 Å². The molecule has 0 heterocycles. The van der Waals surface area contributed by atoms with Crippen molar-refractivity contribution in [2.24, 2.45) is 5.92 Å². The molecule has 2 aromatic rings. The van der Waals surface area contributed by atoms with Crippen molar-refractivity contribution in [3.05, 3.63) is 65.5 Å². The molecule has 4 nitrogen and oxygen atoms in total. The summed E-state index contributed by atoms with van der Waals surface area (Å²) in [6.07, 6.45) is -6.25. The Balaban J connectivity index is 2.25. The molecular weight excluding hydrogens is 368 g/mol. The topological polar surface area (TPSA) is 55.8 Å². The van der Waals surface area contributed by atoms with Crippen LogP contribution in [0.2, 0.25) is 0 Å². The Labute approximate surface area is 153 Å². The number of hydrogen-bond donors (Lipinski definition) is 1. The van der Waals surface area contributed by atoms with Gasteiger partial charge in [-0.2, -0.15) is 0 Å². The highest BCUT2D eigenvalue weighted by molar-refractivity contribution is 5.74. The van der Waals surface area contributed by atoms with Crippen LogP contribution in [0.15, 0.2) is 48.5 Å². The van der Waals surface area contributed by atoms with Crippen LogP contribution in [-0.4, -0.2) is 24.0 Å². The zero-order valence-corrected chi connectivity index (χ0v) is 14.4. The second-order valence-electron chi connectivity index (χ2n) is 5.75. The van der Waals surface area contributed by atoms with Crippen LogP contribution in [-0.2, 0) is 16.0 Å². The molecule has 0 aliphatic heterocycles. The summed E-state index contributed by atoms with van der Waals surface area (Å²) in [5.41, 5.74) is 0.633. The van der Waals surface area contributed by atoms with Crippen molar-refractivity contribution in [3.63, 3.8) is 0 Å². The molecule has 146 valence electrons. The number of esters is 1. The van der Waals surface area contributed by atoms with Crippen LogP contribution >= 0.6 is 0 Å². The van der Waals surface area contributed by atoms with Crippen molar-refractivity contribution in [2.45, 2.75) is 25.8 Å². The van der Waals surface area contributed by atoms with Crippen molar-refractivity contribution in [2.75, 3.05) is 6.61 Å². The largest absolute Gasteiger partial charge is 0.573 e. The van der Waals surface area contributed by atoms with Gasteiger partial charge >= 0.3 is 12.3 Å². The van der Waals surface area contributed by atoms with E-state index < -0.39 is 35.9 Å². The Kier molecular flexibility index (Phi) is 6.79. The number of halogens is 4. The highest BCUT2D eigenvalue weighted by atomic mass is 19.4. The van der Waals surface area contributed by atoms with E-state index in [0.29, 0.717) is 5.56 Å². The molecule has 0 aromatic heterocycles. The van der Waals surface area contributed by atoms with E-state index in [2.05, 4.69) is 4.74 Å². The number of carbonyl (C=O) groups is 1. The van der Waals surface area contributed by atoms with E-state index in [1.165, 1.54) is 24.3 Å². The third-order valence-corrected chi connectivity index (χ3v) is 3.77. The van der Waals surface area contributed by atoms with Crippen molar-refractivity contribution < 1.29 is 36.9 Å². The summed E-state index contributed by atoms with van der Waals surface area (Å²) in [6, 6.07) is 10.1. The van der Waals surface area contributed by atoms with Gasteiger partial charge in [0.05, 0.1) is 18.6 Å². The van der Waals surface area contributed by atoms with E-state index in [1.807, 2.05) is 0 Å². The molecule has 2 unspecified atom stereocenters. The van der Waals surface area contributed by atoms with E-state index >= 15 is 0 Å².